The van der Waals surface area contributed by atoms with E-state index in [-0.39, 0.29) is 11.4 Å². The molecule has 34 heavy (non-hydrogen) atoms. The molecule has 8 heteroatoms. The number of alkyl halides is 3. The number of ether oxygens (including phenoxy) is 1. The highest BCUT2D eigenvalue weighted by Crippen LogP contribution is 2.39. The molecule has 5 nitrogen and oxygen atoms in total. The molecule has 1 N–H and O–H groups in total. The Bertz CT molecular complexity index is 1330. The van der Waals surface area contributed by atoms with Gasteiger partial charge in [-0.05, 0) is 67.1 Å². The number of nitrogens with zero attached hydrogens (tertiary/aromatic N) is 2. The van der Waals surface area contributed by atoms with Crippen LogP contribution in [0, 0.1) is 0 Å². The molecular formula is C26H21F3N2O3. The lowest BCUT2D eigenvalue weighted by Gasteiger charge is -2.15. The molecule has 0 atom stereocenters. The van der Waals surface area contributed by atoms with Gasteiger partial charge in [-0.2, -0.15) is 18.3 Å². The van der Waals surface area contributed by atoms with Crippen LogP contribution in [0.5, 0.6) is 11.5 Å². The van der Waals surface area contributed by atoms with Crippen molar-refractivity contribution in [2.24, 2.45) is 0 Å². The first-order valence-corrected chi connectivity index (χ1v) is 10.6. The first-order chi connectivity index (χ1) is 16.2. The highest BCUT2D eigenvalue weighted by atomic mass is 19.4. The van der Waals surface area contributed by atoms with Crippen LogP contribution in [-0.2, 0) is 17.4 Å². The Morgan fingerprint density at radius 2 is 1.59 bits per heavy atom. The number of aromatic nitrogens is 2. The zero-order chi connectivity index (χ0) is 24.5. The predicted molar refractivity (Wildman–Crippen MR) is 122 cm³/mol. The molecule has 0 fully saturated rings. The Morgan fingerprint density at radius 3 is 2.18 bits per heavy atom. The molecule has 4 rings (SSSR count). The smallest absolute Gasteiger partial charge is 0.418 e. The number of esters is 1. The standard InChI is InChI=1S/C26H21F3N2O3/c1-3-21-24(17-10-14-20(15-11-17)34-16(2)32)30-31(25(21)18-8-12-19(33)13-9-18)23-7-5-4-6-22(23)26(27,28)29/h4-15,33H,3H2,1-2H3. The summed E-state index contributed by atoms with van der Waals surface area (Å²) in [4.78, 5) is 11.2. The Kier molecular flexibility index (Phi) is 6.15. The summed E-state index contributed by atoms with van der Waals surface area (Å²) < 4.78 is 48.0. The summed E-state index contributed by atoms with van der Waals surface area (Å²) in [5, 5.41) is 14.4. The van der Waals surface area contributed by atoms with Crippen LogP contribution in [0.1, 0.15) is 25.0 Å². The van der Waals surface area contributed by atoms with Crippen LogP contribution in [-0.4, -0.2) is 20.9 Å². The molecule has 3 aromatic carbocycles. The van der Waals surface area contributed by atoms with Crippen LogP contribution >= 0.6 is 0 Å². The second-order valence-corrected chi connectivity index (χ2v) is 7.62. The minimum Gasteiger partial charge on any atom is -0.508 e. The summed E-state index contributed by atoms with van der Waals surface area (Å²) in [6, 6.07) is 18.2. The second-order valence-electron chi connectivity index (χ2n) is 7.62. The minimum absolute atomic E-state index is 0.0461. The molecule has 174 valence electrons. The fourth-order valence-electron chi connectivity index (χ4n) is 3.85. The van der Waals surface area contributed by atoms with Gasteiger partial charge in [0.25, 0.3) is 0 Å². The van der Waals surface area contributed by atoms with Gasteiger partial charge in [-0.3, -0.25) is 4.79 Å². The fraction of sp³-hybridized carbons (Fsp3) is 0.154. The first kappa shape index (κ1) is 23.1. The van der Waals surface area contributed by atoms with E-state index in [9.17, 15) is 23.1 Å². The van der Waals surface area contributed by atoms with E-state index in [1.165, 1.54) is 41.9 Å². The van der Waals surface area contributed by atoms with Gasteiger partial charge in [0.05, 0.1) is 22.6 Å². The van der Waals surface area contributed by atoms with E-state index in [4.69, 9.17) is 4.74 Å². The van der Waals surface area contributed by atoms with Gasteiger partial charge in [0.1, 0.15) is 11.5 Å². The molecule has 0 bridgehead atoms. The van der Waals surface area contributed by atoms with Crippen molar-refractivity contribution in [1.82, 2.24) is 9.78 Å². The van der Waals surface area contributed by atoms with Gasteiger partial charge in [0.15, 0.2) is 0 Å². The molecule has 0 saturated heterocycles. The number of phenolic OH excluding ortho intramolecular Hbond substituents is 1. The van der Waals surface area contributed by atoms with Gasteiger partial charge >= 0.3 is 12.1 Å². The quantitative estimate of drug-likeness (QED) is 0.272. The first-order valence-electron chi connectivity index (χ1n) is 10.6. The van der Waals surface area contributed by atoms with E-state index in [1.54, 1.807) is 36.4 Å². The lowest BCUT2D eigenvalue weighted by atomic mass is 9.99. The number of carbonyl (C=O) groups excluding carboxylic acids is 1. The van der Waals surface area contributed by atoms with E-state index in [0.29, 0.717) is 34.7 Å². The molecule has 0 amide bonds. The molecular weight excluding hydrogens is 445 g/mol. The van der Waals surface area contributed by atoms with Crippen LogP contribution in [0.25, 0.3) is 28.2 Å². The zero-order valence-electron chi connectivity index (χ0n) is 18.4. The van der Waals surface area contributed by atoms with Crippen molar-refractivity contribution >= 4 is 5.97 Å². The Balaban J connectivity index is 1.98. The third-order valence-electron chi connectivity index (χ3n) is 5.30. The maximum atomic E-state index is 13.9. The molecule has 0 radical (unpaired) electrons. The van der Waals surface area contributed by atoms with E-state index in [0.717, 1.165) is 11.6 Å². The minimum atomic E-state index is -4.58. The fourth-order valence-corrected chi connectivity index (χ4v) is 3.85. The Morgan fingerprint density at radius 1 is 0.971 bits per heavy atom. The van der Waals surface area contributed by atoms with E-state index in [1.807, 2.05) is 6.92 Å². The molecule has 0 unspecified atom stereocenters. The molecule has 1 heterocycles. The van der Waals surface area contributed by atoms with Gasteiger partial charge < -0.3 is 9.84 Å². The zero-order valence-corrected chi connectivity index (χ0v) is 18.4. The number of carbonyl (C=O) groups is 1. The van der Waals surface area contributed by atoms with E-state index >= 15 is 0 Å². The van der Waals surface area contributed by atoms with Crippen molar-refractivity contribution in [3.63, 3.8) is 0 Å². The largest absolute Gasteiger partial charge is 0.508 e. The molecule has 1 aromatic heterocycles. The van der Waals surface area contributed by atoms with Crippen molar-refractivity contribution in [2.75, 3.05) is 0 Å². The maximum Gasteiger partial charge on any atom is 0.418 e. The summed E-state index contributed by atoms with van der Waals surface area (Å²) in [5.74, 6) is -0.0515. The third kappa shape index (κ3) is 4.52. The normalized spacial score (nSPS) is 11.4. The number of halogens is 3. The van der Waals surface area contributed by atoms with Crippen LogP contribution in [0.3, 0.4) is 0 Å². The number of aromatic hydroxyl groups is 1. The number of para-hydroxylation sites is 1. The monoisotopic (exact) mass is 466 g/mol. The summed E-state index contributed by atoms with van der Waals surface area (Å²) >= 11 is 0. The highest BCUT2D eigenvalue weighted by Gasteiger charge is 2.35. The van der Waals surface area contributed by atoms with Gasteiger partial charge in [-0.25, -0.2) is 4.68 Å². The van der Waals surface area contributed by atoms with E-state index in [2.05, 4.69) is 5.10 Å². The number of hydrogen-bond acceptors (Lipinski definition) is 4. The summed E-state index contributed by atoms with van der Waals surface area (Å²) in [7, 11) is 0. The van der Waals surface area contributed by atoms with Crippen LogP contribution in [0.4, 0.5) is 13.2 Å². The second kappa shape index (κ2) is 9.05. The SMILES string of the molecule is CCc1c(-c2ccc(OC(C)=O)cc2)nn(-c2ccccc2C(F)(F)F)c1-c1ccc(O)cc1. The summed E-state index contributed by atoms with van der Waals surface area (Å²) in [6.07, 6.45) is -4.08. The van der Waals surface area contributed by atoms with Crippen LogP contribution in [0.15, 0.2) is 72.8 Å². The topological polar surface area (TPSA) is 64.3 Å². The van der Waals surface area contributed by atoms with Gasteiger partial charge in [0, 0.05) is 23.6 Å². The molecule has 4 aromatic rings. The van der Waals surface area contributed by atoms with Crippen LogP contribution < -0.4 is 4.74 Å². The molecule has 0 aliphatic rings. The highest BCUT2D eigenvalue weighted by molar-refractivity contribution is 5.77. The molecule has 0 aliphatic carbocycles. The number of benzene rings is 3. The van der Waals surface area contributed by atoms with Gasteiger partial charge in [0.2, 0.25) is 0 Å². The average molecular weight is 466 g/mol. The van der Waals surface area contributed by atoms with Crippen molar-refractivity contribution in [3.8, 4) is 39.7 Å². The van der Waals surface area contributed by atoms with Crippen molar-refractivity contribution < 1.29 is 27.8 Å². The third-order valence-corrected chi connectivity index (χ3v) is 5.30. The average Bonchev–Trinajstić information content (AvgIpc) is 3.18. The molecule has 0 spiro atoms. The number of hydrogen-bond donors (Lipinski definition) is 1. The molecule has 0 saturated carbocycles. The number of phenols is 1. The Hall–Kier alpha value is -4.07. The molecule has 0 aliphatic heterocycles. The number of rotatable bonds is 5. The van der Waals surface area contributed by atoms with E-state index < -0.39 is 17.7 Å². The van der Waals surface area contributed by atoms with Crippen LogP contribution in [0.2, 0.25) is 0 Å². The maximum absolute atomic E-state index is 13.9. The lowest BCUT2D eigenvalue weighted by Crippen LogP contribution is -2.12. The lowest BCUT2D eigenvalue weighted by molar-refractivity contribution is -0.137. The van der Waals surface area contributed by atoms with Gasteiger partial charge in [-0.1, -0.05) is 19.1 Å². The van der Waals surface area contributed by atoms with Crippen molar-refractivity contribution in [3.05, 3.63) is 83.9 Å². The Labute approximate surface area is 194 Å². The summed E-state index contributed by atoms with van der Waals surface area (Å²) in [5.41, 5.74) is 2.11. The van der Waals surface area contributed by atoms with Crippen molar-refractivity contribution in [1.29, 1.82) is 0 Å². The summed E-state index contributed by atoms with van der Waals surface area (Å²) in [6.45, 7) is 3.20. The van der Waals surface area contributed by atoms with Crippen molar-refractivity contribution in [2.45, 2.75) is 26.4 Å². The predicted octanol–water partition coefficient (Wildman–Crippen LogP) is 6.42. The van der Waals surface area contributed by atoms with Gasteiger partial charge in [-0.15, -0.1) is 0 Å².